The molecular formula is C14H26N2O3. The molecule has 1 heterocycles. The summed E-state index contributed by atoms with van der Waals surface area (Å²) < 4.78 is 0. The van der Waals surface area contributed by atoms with Gasteiger partial charge in [-0.25, -0.2) is 9.59 Å². The van der Waals surface area contributed by atoms with Crippen LogP contribution in [0.3, 0.4) is 0 Å². The van der Waals surface area contributed by atoms with Crippen LogP contribution in [-0.2, 0) is 4.79 Å². The minimum absolute atomic E-state index is 0.224. The van der Waals surface area contributed by atoms with E-state index in [-0.39, 0.29) is 6.03 Å². The van der Waals surface area contributed by atoms with Crippen molar-refractivity contribution in [3.05, 3.63) is 0 Å². The van der Waals surface area contributed by atoms with Crippen LogP contribution >= 0.6 is 0 Å². The first-order valence-electron chi connectivity index (χ1n) is 7.44. The van der Waals surface area contributed by atoms with Crippen molar-refractivity contribution in [2.45, 2.75) is 64.3 Å². The van der Waals surface area contributed by atoms with E-state index in [1.165, 1.54) is 30.6 Å². The molecule has 0 spiro atoms. The lowest BCUT2D eigenvalue weighted by Gasteiger charge is -2.21. The second kappa shape index (κ2) is 8.77. The Morgan fingerprint density at radius 2 is 1.89 bits per heavy atom. The molecule has 0 aromatic carbocycles. The predicted octanol–water partition coefficient (Wildman–Crippen LogP) is 2.61. The lowest BCUT2D eigenvalue weighted by atomic mass is 10.1. The minimum atomic E-state index is -0.896. The fourth-order valence-electron chi connectivity index (χ4n) is 2.47. The Bertz CT molecular complexity index is 294. The third-order valence-corrected chi connectivity index (χ3v) is 3.61. The highest BCUT2D eigenvalue weighted by Crippen LogP contribution is 2.17. The van der Waals surface area contributed by atoms with Crippen molar-refractivity contribution in [2.24, 2.45) is 0 Å². The van der Waals surface area contributed by atoms with Crippen molar-refractivity contribution in [3.63, 3.8) is 0 Å². The zero-order valence-electron chi connectivity index (χ0n) is 11.9. The fourth-order valence-corrected chi connectivity index (χ4v) is 2.47. The first-order chi connectivity index (χ1) is 9.16. The lowest BCUT2D eigenvalue weighted by molar-refractivity contribution is -0.141. The number of carbonyl (C=O) groups excluding carboxylic acids is 1. The van der Waals surface area contributed by atoms with Crippen molar-refractivity contribution < 1.29 is 14.7 Å². The molecule has 1 aliphatic rings. The Kier molecular flexibility index (Phi) is 7.30. The lowest BCUT2D eigenvalue weighted by Crippen LogP contribution is -2.46. The molecule has 1 saturated heterocycles. The number of carboxylic acid groups (broad SMARTS) is 1. The Morgan fingerprint density at radius 3 is 2.58 bits per heavy atom. The van der Waals surface area contributed by atoms with E-state index in [1.807, 2.05) is 0 Å². The molecule has 1 rings (SSSR count). The van der Waals surface area contributed by atoms with Crippen molar-refractivity contribution in [1.82, 2.24) is 10.2 Å². The number of rotatable bonds is 8. The SMILES string of the molecule is CCCCCCCCNC(=O)N1CCCC1C(=O)O. The Hall–Kier alpha value is -1.26. The third-order valence-electron chi connectivity index (χ3n) is 3.61. The largest absolute Gasteiger partial charge is 0.480 e. The average Bonchev–Trinajstić information content (AvgIpc) is 2.87. The average molecular weight is 270 g/mol. The Morgan fingerprint density at radius 1 is 1.21 bits per heavy atom. The topological polar surface area (TPSA) is 69.6 Å². The second-order valence-electron chi connectivity index (χ2n) is 5.19. The van der Waals surface area contributed by atoms with Gasteiger partial charge in [-0.2, -0.15) is 0 Å². The second-order valence-corrected chi connectivity index (χ2v) is 5.19. The van der Waals surface area contributed by atoms with Crippen LogP contribution in [0.15, 0.2) is 0 Å². The Balaban J connectivity index is 2.12. The first-order valence-corrected chi connectivity index (χ1v) is 7.44. The molecule has 0 aliphatic carbocycles. The van der Waals surface area contributed by atoms with Gasteiger partial charge in [0.2, 0.25) is 0 Å². The van der Waals surface area contributed by atoms with Crippen LogP contribution in [0.2, 0.25) is 0 Å². The van der Waals surface area contributed by atoms with Crippen molar-refractivity contribution >= 4 is 12.0 Å². The van der Waals surface area contributed by atoms with Crippen molar-refractivity contribution in [3.8, 4) is 0 Å². The normalized spacial score (nSPS) is 18.6. The van der Waals surface area contributed by atoms with Gasteiger partial charge < -0.3 is 15.3 Å². The third kappa shape index (κ3) is 5.49. The van der Waals surface area contributed by atoms with Crippen LogP contribution in [0.25, 0.3) is 0 Å². The number of likely N-dealkylation sites (tertiary alicyclic amines) is 1. The van der Waals surface area contributed by atoms with E-state index in [9.17, 15) is 9.59 Å². The van der Waals surface area contributed by atoms with Crippen molar-refractivity contribution in [1.29, 1.82) is 0 Å². The maximum Gasteiger partial charge on any atom is 0.326 e. The number of hydrogen-bond donors (Lipinski definition) is 2. The monoisotopic (exact) mass is 270 g/mol. The number of nitrogens with one attached hydrogen (secondary N) is 1. The van der Waals surface area contributed by atoms with Gasteiger partial charge in [0, 0.05) is 13.1 Å². The van der Waals surface area contributed by atoms with Gasteiger partial charge in [-0.15, -0.1) is 0 Å². The molecule has 1 unspecified atom stereocenters. The van der Waals surface area contributed by atoms with Crippen LogP contribution in [0.5, 0.6) is 0 Å². The quantitative estimate of drug-likeness (QED) is 0.666. The first kappa shape index (κ1) is 15.8. The smallest absolute Gasteiger partial charge is 0.326 e. The van der Waals surface area contributed by atoms with E-state index in [4.69, 9.17) is 5.11 Å². The summed E-state index contributed by atoms with van der Waals surface area (Å²) in [5, 5.41) is 11.8. The maximum absolute atomic E-state index is 11.8. The van der Waals surface area contributed by atoms with Gasteiger partial charge in [0.25, 0.3) is 0 Å². The van der Waals surface area contributed by atoms with Crippen LogP contribution in [0.4, 0.5) is 4.79 Å². The Labute approximate surface area is 115 Å². The summed E-state index contributed by atoms with van der Waals surface area (Å²) in [7, 11) is 0. The number of nitrogens with zero attached hydrogens (tertiary/aromatic N) is 1. The molecular weight excluding hydrogens is 244 g/mol. The zero-order chi connectivity index (χ0) is 14.1. The van der Waals surface area contributed by atoms with E-state index in [0.29, 0.717) is 19.5 Å². The number of urea groups is 1. The van der Waals surface area contributed by atoms with E-state index in [2.05, 4.69) is 12.2 Å². The molecule has 1 atom stereocenters. The van der Waals surface area contributed by atoms with Crippen molar-refractivity contribution in [2.75, 3.05) is 13.1 Å². The molecule has 110 valence electrons. The molecule has 0 radical (unpaired) electrons. The number of hydrogen-bond acceptors (Lipinski definition) is 2. The summed E-state index contributed by atoms with van der Waals surface area (Å²) in [5.74, 6) is -0.896. The van der Waals surface area contributed by atoms with Gasteiger partial charge in [0.15, 0.2) is 0 Å². The summed E-state index contributed by atoms with van der Waals surface area (Å²) >= 11 is 0. The highest BCUT2D eigenvalue weighted by molar-refractivity contribution is 5.83. The standard InChI is InChI=1S/C14H26N2O3/c1-2-3-4-5-6-7-10-15-14(19)16-11-8-9-12(16)13(17)18/h12H,2-11H2,1H3,(H,15,19)(H,17,18). The molecule has 5 nitrogen and oxygen atoms in total. The predicted molar refractivity (Wildman–Crippen MR) is 74.1 cm³/mol. The van der Waals surface area contributed by atoms with E-state index in [1.54, 1.807) is 0 Å². The van der Waals surface area contributed by atoms with Gasteiger partial charge >= 0.3 is 12.0 Å². The highest BCUT2D eigenvalue weighted by atomic mass is 16.4. The minimum Gasteiger partial charge on any atom is -0.480 e. The van der Waals surface area contributed by atoms with Gasteiger partial charge in [0.05, 0.1) is 0 Å². The van der Waals surface area contributed by atoms with Crippen LogP contribution in [-0.4, -0.2) is 41.1 Å². The number of amides is 2. The molecule has 0 saturated carbocycles. The summed E-state index contributed by atoms with van der Waals surface area (Å²) in [6.07, 6.45) is 8.44. The van der Waals surface area contributed by atoms with Gasteiger partial charge in [0.1, 0.15) is 6.04 Å². The van der Waals surface area contributed by atoms with Crippen LogP contribution in [0.1, 0.15) is 58.3 Å². The molecule has 19 heavy (non-hydrogen) atoms. The van der Waals surface area contributed by atoms with Gasteiger partial charge in [-0.1, -0.05) is 39.0 Å². The van der Waals surface area contributed by atoms with Gasteiger partial charge in [-0.3, -0.25) is 0 Å². The van der Waals surface area contributed by atoms with Gasteiger partial charge in [-0.05, 0) is 19.3 Å². The summed E-state index contributed by atoms with van der Waals surface area (Å²) in [5.41, 5.74) is 0. The molecule has 0 bridgehead atoms. The summed E-state index contributed by atoms with van der Waals surface area (Å²) in [6.45, 7) is 3.39. The van der Waals surface area contributed by atoms with E-state index < -0.39 is 12.0 Å². The number of unbranched alkanes of at least 4 members (excludes halogenated alkanes) is 5. The molecule has 0 aromatic heterocycles. The fraction of sp³-hybridized carbons (Fsp3) is 0.857. The zero-order valence-corrected chi connectivity index (χ0v) is 11.9. The number of aliphatic carboxylic acids is 1. The molecule has 2 amide bonds. The molecule has 2 N–H and O–H groups in total. The molecule has 1 fully saturated rings. The highest BCUT2D eigenvalue weighted by Gasteiger charge is 2.33. The number of carbonyl (C=O) groups is 2. The van der Waals surface area contributed by atoms with Crippen LogP contribution in [0, 0.1) is 0 Å². The van der Waals surface area contributed by atoms with Crippen LogP contribution < -0.4 is 5.32 Å². The van der Waals surface area contributed by atoms with E-state index >= 15 is 0 Å². The number of carboxylic acids is 1. The maximum atomic E-state index is 11.8. The molecule has 5 heteroatoms. The molecule has 1 aliphatic heterocycles. The molecule has 0 aromatic rings. The summed E-state index contributed by atoms with van der Waals surface area (Å²) in [6, 6.07) is -0.858. The van der Waals surface area contributed by atoms with E-state index in [0.717, 1.165) is 19.3 Å². The summed E-state index contributed by atoms with van der Waals surface area (Å²) in [4.78, 5) is 24.3.